The fourth-order valence-electron chi connectivity index (χ4n) is 4.74. The number of aromatic nitrogens is 3. The van der Waals surface area contributed by atoms with Crippen molar-refractivity contribution in [2.45, 2.75) is 31.8 Å². The molecule has 2 bridgehead atoms. The smallest absolute Gasteiger partial charge is 0.275 e. The zero-order valence-electron chi connectivity index (χ0n) is 22.9. The predicted octanol–water partition coefficient (Wildman–Crippen LogP) is 2.05. The van der Waals surface area contributed by atoms with E-state index in [2.05, 4.69) is 26.0 Å². The molecule has 1 aliphatic heterocycles. The van der Waals surface area contributed by atoms with Crippen molar-refractivity contribution in [3.05, 3.63) is 101 Å². The summed E-state index contributed by atoms with van der Waals surface area (Å²) in [6.45, 7) is 1.44. The summed E-state index contributed by atoms with van der Waals surface area (Å²) in [7, 11) is 0. The number of fused-ring (bicyclic) bond motifs is 3. The first kappa shape index (κ1) is 28.4. The number of aryl methyl sites for hydroxylation is 1. The molecule has 0 saturated heterocycles. The van der Waals surface area contributed by atoms with Gasteiger partial charge in [0, 0.05) is 31.5 Å². The van der Waals surface area contributed by atoms with Gasteiger partial charge in [0.15, 0.2) is 11.3 Å². The van der Waals surface area contributed by atoms with Gasteiger partial charge in [0.2, 0.25) is 11.8 Å². The van der Waals surface area contributed by atoms with Crippen LogP contribution in [0.2, 0.25) is 0 Å². The van der Waals surface area contributed by atoms with Crippen molar-refractivity contribution >= 4 is 29.3 Å². The van der Waals surface area contributed by atoms with Crippen molar-refractivity contribution in [1.82, 2.24) is 35.4 Å². The number of carbonyl (C=O) groups is 4. The molecule has 0 radical (unpaired) electrons. The lowest BCUT2D eigenvalue weighted by Crippen LogP contribution is -2.49. The number of nitrogens with one attached hydrogen (secondary N) is 3. The zero-order valence-corrected chi connectivity index (χ0v) is 22.9. The number of benzene rings is 2. The van der Waals surface area contributed by atoms with E-state index in [1.165, 1.54) is 34.5 Å². The maximum Gasteiger partial charge on any atom is 0.275 e. The monoisotopic (exact) mass is 571 g/mol. The molecule has 0 aliphatic carbocycles. The standard InChI is InChI=1S/C30H30FN7O4/c1-19-28(40)35-25(21-8-3-2-4-9-21)17-37(30(42)24-16-26-32-13-6-14-38(26)36-24)18-27(39)33-12-5-7-20-10-11-23(31)22(15-20)29(41)34-19/h2-4,6,8-11,13-16,19,25H,5,7,12,17-18H2,1H3,(H,33,39)(H,34,41)(H,35,40)/t19-,25-/m1/s1. The normalized spacial score (nSPS) is 19.0. The highest BCUT2D eigenvalue weighted by molar-refractivity contribution is 5.98. The molecule has 2 aromatic carbocycles. The Hall–Kier alpha value is -5.13. The highest BCUT2D eigenvalue weighted by Crippen LogP contribution is 2.18. The Morgan fingerprint density at radius 2 is 1.83 bits per heavy atom. The van der Waals surface area contributed by atoms with Gasteiger partial charge in [-0.25, -0.2) is 13.9 Å². The van der Waals surface area contributed by atoms with Crippen molar-refractivity contribution in [3.8, 4) is 0 Å². The first-order chi connectivity index (χ1) is 20.3. The van der Waals surface area contributed by atoms with Crippen molar-refractivity contribution in [1.29, 1.82) is 0 Å². The van der Waals surface area contributed by atoms with Crippen LogP contribution in [0.15, 0.2) is 73.1 Å². The van der Waals surface area contributed by atoms with Gasteiger partial charge >= 0.3 is 0 Å². The molecule has 0 fully saturated rings. The molecule has 12 heteroatoms. The lowest BCUT2D eigenvalue weighted by Gasteiger charge is -2.29. The number of hydrogen-bond donors (Lipinski definition) is 3. The Labute approximate surface area is 241 Å². The van der Waals surface area contributed by atoms with Gasteiger partial charge in [0.25, 0.3) is 11.8 Å². The molecule has 0 spiro atoms. The highest BCUT2D eigenvalue weighted by Gasteiger charge is 2.28. The third kappa shape index (κ3) is 6.60. The Morgan fingerprint density at radius 1 is 1.02 bits per heavy atom. The van der Waals surface area contributed by atoms with E-state index < -0.39 is 41.5 Å². The van der Waals surface area contributed by atoms with Crippen molar-refractivity contribution < 1.29 is 23.6 Å². The van der Waals surface area contributed by atoms with Gasteiger partial charge in [0.05, 0.1) is 18.2 Å². The predicted molar refractivity (Wildman–Crippen MR) is 151 cm³/mol. The van der Waals surface area contributed by atoms with E-state index in [1.807, 2.05) is 6.07 Å². The van der Waals surface area contributed by atoms with Crippen LogP contribution in [0.3, 0.4) is 0 Å². The molecule has 3 N–H and O–H groups in total. The van der Waals surface area contributed by atoms with Crippen LogP contribution in [-0.2, 0) is 16.0 Å². The molecule has 11 nitrogen and oxygen atoms in total. The molecule has 4 amide bonds. The van der Waals surface area contributed by atoms with Crippen LogP contribution in [0, 0.1) is 5.82 Å². The van der Waals surface area contributed by atoms with Crippen molar-refractivity contribution in [2.24, 2.45) is 0 Å². The Kier molecular flexibility index (Phi) is 8.51. The summed E-state index contributed by atoms with van der Waals surface area (Å²) < 4.78 is 16.0. The van der Waals surface area contributed by atoms with E-state index in [1.54, 1.807) is 48.8 Å². The summed E-state index contributed by atoms with van der Waals surface area (Å²) in [5.74, 6) is -2.88. The Morgan fingerprint density at radius 3 is 2.62 bits per heavy atom. The van der Waals surface area contributed by atoms with Crippen LogP contribution >= 0.6 is 0 Å². The molecule has 0 unspecified atom stereocenters. The van der Waals surface area contributed by atoms with E-state index in [-0.39, 0.29) is 24.3 Å². The number of amides is 4. The molecular weight excluding hydrogens is 541 g/mol. The van der Waals surface area contributed by atoms with Crippen LogP contribution < -0.4 is 16.0 Å². The highest BCUT2D eigenvalue weighted by atomic mass is 19.1. The van der Waals surface area contributed by atoms with E-state index in [4.69, 9.17) is 0 Å². The number of carbonyl (C=O) groups excluding carboxylic acids is 4. The van der Waals surface area contributed by atoms with Gasteiger partial charge in [-0.05, 0) is 49.1 Å². The second-order valence-corrected chi connectivity index (χ2v) is 10.1. The second kappa shape index (κ2) is 12.6. The molecule has 42 heavy (non-hydrogen) atoms. The van der Waals surface area contributed by atoms with E-state index >= 15 is 0 Å². The molecule has 5 rings (SSSR count). The van der Waals surface area contributed by atoms with Crippen LogP contribution in [0.5, 0.6) is 0 Å². The largest absolute Gasteiger partial charge is 0.355 e. The lowest BCUT2D eigenvalue weighted by molar-refractivity contribution is -0.123. The molecule has 4 aromatic rings. The number of hydrogen-bond acceptors (Lipinski definition) is 6. The topological polar surface area (TPSA) is 138 Å². The molecule has 2 aromatic heterocycles. The van der Waals surface area contributed by atoms with Crippen LogP contribution in [0.4, 0.5) is 4.39 Å². The minimum Gasteiger partial charge on any atom is -0.355 e. The lowest BCUT2D eigenvalue weighted by atomic mass is 10.0. The summed E-state index contributed by atoms with van der Waals surface area (Å²) in [5.41, 5.74) is 1.77. The third-order valence-corrected chi connectivity index (χ3v) is 6.98. The first-order valence-electron chi connectivity index (χ1n) is 13.6. The van der Waals surface area contributed by atoms with Crippen molar-refractivity contribution in [2.75, 3.05) is 19.6 Å². The third-order valence-electron chi connectivity index (χ3n) is 6.98. The van der Waals surface area contributed by atoms with E-state index in [0.717, 1.165) is 0 Å². The van der Waals surface area contributed by atoms with Crippen LogP contribution in [0.25, 0.3) is 5.65 Å². The molecule has 0 saturated carbocycles. The molecule has 3 heterocycles. The van der Waals surface area contributed by atoms with Crippen LogP contribution in [-0.4, -0.2) is 68.8 Å². The molecule has 2 atom stereocenters. The average molecular weight is 572 g/mol. The van der Waals surface area contributed by atoms with Gasteiger partial charge in [-0.3, -0.25) is 19.2 Å². The van der Waals surface area contributed by atoms with Gasteiger partial charge < -0.3 is 20.9 Å². The maximum absolute atomic E-state index is 14.5. The average Bonchev–Trinajstić information content (AvgIpc) is 3.43. The summed E-state index contributed by atoms with van der Waals surface area (Å²) in [6, 6.07) is 14.6. The maximum atomic E-state index is 14.5. The minimum absolute atomic E-state index is 0.0701. The second-order valence-electron chi connectivity index (χ2n) is 10.1. The SMILES string of the molecule is C[C@H]1NC(=O)c2cc(ccc2F)CCCNC(=O)CN(C(=O)c2cc3ncccn3n2)C[C@H](c2ccccc2)NC1=O. The fourth-order valence-corrected chi connectivity index (χ4v) is 4.74. The Bertz CT molecular complexity index is 1590. The molecular formula is C30H30FN7O4. The van der Waals surface area contributed by atoms with Gasteiger partial charge in [-0.15, -0.1) is 0 Å². The van der Waals surface area contributed by atoms with Gasteiger partial charge in [-0.2, -0.15) is 5.10 Å². The van der Waals surface area contributed by atoms with E-state index in [9.17, 15) is 23.6 Å². The Balaban J connectivity index is 1.47. The zero-order chi connectivity index (χ0) is 29.6. The summed E-state index contributed by atoms with van der Waals surface area (Å²) >= 11 is 0. The number of rotatable bonds is 2. The number of nitrogens with zero attached hydrogens (tertiary/aromatic N) is 4. The van der Waals surface area contributed by atoms with Gasteiger partial charge in [0.1, 0.15) is 11.9 Å². The first-order valence-corrected chi connectivity index (χ1v) is 13.6. The fraction of sp³-hybridized carbons (Fsp3) is 0.267. The molecule has 216 valence electrons. The number of halogens is 1. The van der Waals surface area contributed by atoms with Crippen LogP contribution in [0.1, 0.15) is 51.4 Å². The quantitative estimate of drug-likeness (QED) is 0.337. The van der Waals surface area contributed by atoms with E-state index in [0.29, 0.717) is 36.2 Å². The van der Waals surface area contributed by atoms with Crippen molar-refractivity contribution in [3.63, 3.8) is 0 Å². The summed E-state index contributed by atoms with van der Waals surface area (Å²) in [6.07, 6.45) is 4.24. The van der Waals surface area contributed by atoms with Gasteiger partial charge in [-0.1, -0.05) is 36.4 Å². The summed E-state index contributed by atoms with van der Waals surface area (Å²) in [5, 5.41) is 12.6. The summed E-state index contributed by atoms with van der Waals surface area (Å²) in [4.78, 5) is 58.5. The molecule has 1 aliphatic rings. The minimum atomic E-state index is -1.03.